The van der Waals surface area contributed by atoms with Gasteiger partial charge in [0.25, 0.3) is 0 Å². The van der Waals surface area contributed by atoms with Crippen LogP contribution in [0.3, 0.4) is 0 Å². The van der Waals surface area contributed by atoms with E-state index in [-0.39, 0.29) is 6.61 Å². The number of fused-ring (bicyclic) bond motifs is 1. The molecule has 1 aromatic heterocycles. The molecule has 1 aromatic rings. The summed E-state index contributed by atoms with van der Waals surface area (Å²) in [4.78, 5) is 21.7. The van der Waals surface area contributed by atoms with Crippen molar-refractivity contribution in [3.8, 4) is 0 Å². The number of ether oxygens (including phenoxy) is 1. The highest BCUT2D eigenvalue weighted by atomic mass is 16.5. The van der Waals surface area contributed by atoms with Gasteiger partial charge >= 0.3 is 5.97 Å². The zero-order valence-corrected chi connectivity index (χ0v) is 10.0. The van der Waals surface area contributed by atoms with Crippen molar-refractivity contribution < 1.29 is 14.6 Å². The molecule has 0 amide bonds. The van der Waals surface area contributed by atoms with E-state index in [2.05, 4.69) is 9.97 Å². The summed E-state index contributed by atoms with van der Waals surface area (Å²) in [5.41, 5.74) is 2.18. The lowest BCUT2D eigenvalue weighted by Crippen LogP contribution is -2.50. The third kappa shape index (κ3) is 1.82. The average Bonchev–Trinajstić information content (AvgIpc) is 2.86. The van der Waals surface area contributed by atoms with Crippen LogP contribution >= 0.6 is 0 Å². The van der Waals surface area contributed by atoms with Gasteiger partial charge in [-0.2, -0.15) is 0 Å². The van der Waals surface area contributed by atoms with Gasteiger partial charge in [0, 0.05) is 17.8 Å². The Morgan fingerprint density at radius 1 is 1.44 bits per heavy atom. The van der Waals surface area contributed by atoms with E-state index in [0.717, 1.165) is 36.3 Å². The number of aryl methyl sites for hydroxylation is 1. The van der Waals surface area contributed by atoms with Crippen molar-refractivity contribution in [2.24, 2.45) is 0 Å². The normalized spacial score (nSPS) is 22.9. The van der Waals surface area contributed by atoms with Gasteiger partial charge in [0.15, 0.2) is 6.04 Å². The number of morpholine rings is 1. The first-order valence-electron chi connectivity index (χ1n) is 6.17. The molecule has 1 aliphatic heterocycles. The van der Waals surface area contributed by atoms with Gasteiger partial charge in [0.1, 0.15) is 12.1 Å². The predicted molar refractivity (Wildman–Crippen MR) is 63.6 cm³/mol. The van der Waals surface area contributed by atoms with E-state index in [0.29, 0.717) is 13.2 Å². The molecule has 1 aliphatic carbocycles. The molecule has 0 aromatic carbocycles. The number of hydrogen-bond acceptors (Lipinski definition) is 5. The van der Waals surface area contributed by atoms with E-state index in [1.807, 2.05) is 4.90 Å². The Balaban J connectivity index is 1.98. The minimum absolute atomic E-state index is 0.216. The first kappa shape index (κ1) is 11.4. The number of carbonyl (C=O) groups is 1. The SMILES string of the molecule is O=C(O)C1COCCN1c1ncnc2c1CCC2. The molecule has 0 bridgehead atoms. The summed E-state index contributed by atoms with van der Waals surface area (Å²) in [6.07, 6.45) is 4.51. The van der Waals surface area contributed by atoms with Crippen molar-refractivity contribution in [3.05, 3.63) is 17.6 Å². The van der Waals surface area contributed by atoms with Crippen molar-refractivity contribution in [2.45, 2.75) is 25.3 Å². The van der Waals surface area contributed by atoms with E-state index in [4.69, 9.17) is 4.74 Å². The van der Waals surface area contributed by atoms with Crippen LogP contribution in [0.25, 0.3) is 0 Å². The maximum Gasteiger partial charge on any atom is 0.328 e. The van der Waals surface area contributed by atoms with Crippen LogP contribution in [0.4, 0.5) is 5.82 Å². The molecular weight excluding hydrogens is 234 g/mol. The summed E-state index contributed by atoms with van der Waals surface area (Å²) in [5, 5.41) is 9.25. The Morgan fingerprint density at radius 3 is 3.17 bits per heavy atom. The van der Waals surface area contributed by atoms with Gasteiger partial charge in [-0.15, -0.1) is 0 Å². The largest absolute Gasteiger partial charge is 0.480 e. The Bertz CT molecular complexity index is 478. The molecule has 0 saturated carbocycles. The number of rotatable bonds is 2. The van der Waals surface area contributed by atoms with E-state index >= 15 is 0 Å². The number of aromatic nitrogens is 2. The van der Waals surface area contributed by atoms with Crippen molar-refractivity contribution in [1.29, 1.82) is 0 Å². The number of anilines is 1. The molecule has 18 heavy (non-hydrogen) atoms. The van der Waals surface area contributed by atoms with Gasteiger partial charge in [0.2, 0.25) is 0 Å². The van der Waals surface area contributed by atoms with Crippen LogP contribution in [-0.4, -0.2) is 46.8 Å². The third-order valence-corrected chi connectivity index (χ3v) is 3.54. The number of aliphatic carboxylic acids is 1. The van der Waals surface area contributed by atoms with Gasteiger partial charge in [-0.25, -0.2) is 14.8 Å². The molecule has 1 saturated heterocycles. The smallest absolute Gasteiger partial charge is 0.328 e. The molecule has 1 N–H and O–H groups in total. The monoisotopic (exact) mass is 249 g/mol. The maximum absolute atomic E-state index is 11.3. The van der Waals surface area contributed by atoms with Crippen molar-refractivity contribution in [2.75, 3.05) is 24.7 Å². The van der Waals surface area contributed by atoms with Gasteiger partial charge in [-0.1, -0.05) is 0 Å². The van der Waals surface area contributed by atoms with Gasteiger partial charge in [-0.3, -0.25) is 0 Å². The quantitative estimate of drug-likeness (QED) is 0.810. The second-order valence-corrected chi connectivity index (χ2v) is 4.60. The van der Waals surface area contributed by atoms with Crippen LogP contribution in [0.15, 0.2) is 6.33 Å². The summed E-state index contributed by atoms with van der Waals surface area (Å²) in [6.45, 7) is 1.33. The molecule has 2 aliphatic rings. The average molecular weight is 249 g/mol. The Labute approximate surface area is 105 Å². The molecule has 0 spiro atoms. The van der Waals surface area contributed by atoms with Crippen LogP contribution < -0.4 is 4.90 Å². The lowest BCUT2D eigenvalue weighted by Gasteiger charge is -2.34. The van der Waals surface area contributed by atoms with Crippen LogP contribution in [0.2, 0.25) is 0 Å². The lowest BCUT2D eigenvalue weighted by molar-refractivity contribution is -0.141. The molecule has 6 heteroatoms. The first-order chi connectivity index (χ1) is 8.77. The van der Waals surface area contributed by atoms with E-state index < -0.39 is 12.0 Å². The number of carboxylic acids is 1. The minimum atomic E-state index is -0.861. The van der Waals surface area contributed by atoms with Gasteiger partial charge in [0.05, 0.1) is 13.2 Å². The first-order valence-corrected chi connectivity index (χ1v) is 6.17. The van der Waals surface area contributed by atoms with Crippen molar-refractivity contribution in [1.82, 2.24) is 9.97 Å². The molecule has 6 nitrogen and oxygen atoms in total. The number of hydrogen-bond donors (Lipinski definition) is 1. The van der Waals surface area contributed by atoms with E-state index in [1.54, 1.807) is 0 Å². The fraction of sp³-hybridized carbons (Fsp3) is 0.583. The summed E-state index contributed by atoms with van der Waals surface area (Å²) >= 11 is 0. The van der Waals surface area contributed by atoms with Crippen molar-refractivity contribution in [3.63, 3.8) is 0 Å². The standard InChI is InChI=1S/C12H15N3O3/c16-12(17)10-6-18-5-4-15(10)11-8-2-1-3-9(8)13-7-14-11/h7,10H,1-6H2,(H,16,17). The van der Waals surface area contributed by atoms with E-state index in [1.165, 1.54) is 6.33 Å². The second kappa shape index (κ2) is 4.53. The molecule has 1 fully saturated rings. The zero-order valence-electron chi connectivity index (χ0n) is 10.0. The fourth-order valence-electron chi connectivity index (χ4n) is 2.65. The second-order valence-electron chi connectivity index (χ2n) is 4.60. The molecule has 1 atom stereocenters. The molecule has 3 rings (SSSR count). The topological polar surface area (TPSA) is 75.6 Å². The highest BCUT2D eigenvalue weighted by molar-refractivity contribution is 5.78. The van der Waals surface area contributed by atoms with Crippen LogP contribution in [0.5, 0.6) is 0 Å². The Morgan fingerprint density at radius 2 is 2.33 bits per heavy atom. The van der Waals surface area contributed by atoms with Gasteiger partial charge in [-0.05, 0) is 19.3 Å². The van der Waals surface area contributed by atoms with Gasteiger partial charge < -0.3 is 14.7 Å². The molecule has 1 unspecified atom stereocenters. The van der Waals surface area contributed by atoms with E-state index in [9.17, 15) is 9.90 Å². The third-order valence-electron chi connectivity index (χ3n) is 3.54. The maximum atomic E-state index is 11.3. The summed E-state index contributed by atoms with van der Waals surface area (Å²) in [7, 11) is 0. The predicted octanol–water partition coefficient (Wildman–Crippen LogP) is 0.255. The van der Waals surface area contributed by atoms with Crippen LogP contribution in [-0.2, 0) is 22.4 Å². The molecule has 0 radical (unpaired) electrons. The fourth-order valence-corrected chi connectivity index (χ4v) is 2.65. The molecular formula is C12H15N3O3. The van der Waals surface area contributed by atoms with Crippen LogP contribution in [0.1, 0.15) is 17.7 Å². The zero-order chi connectivity index (χ0) is 12.5. The Kier molecular flexibility index (Phi) is 2.87. The Hall–Kier alpha value is -1.69. The highest BCUT2D eigenvalue weighted by Gasteiger charge is 2.32. The summed E-state index contributed by atoms with van der Waals surface area (Å²) in [6, 6.07) is -0.640. The molecule has 2 heterocycles. The lowest BCUT2D eigenvalue weighted by atomic mass is 10.1. The van der Waals surface area contributed by atoms with Crippen molar-refractivity contribution >= 4 is 11.8 Å². The number of nitrogens with zero attached hydrogens (tertiary/aromatic N) is 3. The molecule has 96 valence electrons. The summed E-state index contributed by atoms with van der Waals surface area (Å²) in [5.74, 6) is -0.0757. The van der Waals surface area contributed by atoms with Crippen LogP contribution in [0, 0.1) is 0 Å². The summed E-state index contributed by atoms with van der Waals surface area (Å²) < 4.78 is 5.25. The minimum Gasteiger partial charge on any atom is -0.480 e. The highest BCUT2D eigenvalue weighted by Crippen LogP contribution is 2.29. The number of carboxylic acid groups (broad SMARTS) is 1.